The van der Waals surface area contributed by atoms with Crippen molar-refractivity contribution in [3.8, 4) is 0 Å². The van der Waals surface area contributed by atoms with E-state index in [0.717, 1.165) is 57.7 Å². The maximum absolute atomic E-state index is 13.0. The van der Waals surface area contributed by atoms with Gasteiger partial charge in [-0.25, -0.2) is 4.98 Å². The molecule has 6 nitrogen and oxygen atoms in total. The van der Waals surface area contributed by atoms with E-state index in [1.807, 2.05) is 17.0 Å². The van der Waals surface area contributed by atoms with Crippen LogP contribution in [0, 0.1) is 5.92 Å². The van der Waals surface area contributed by atoms with Crippen LogP contribution in [0.2, 0.25) is 0 Å². The Bertz CT molecular complexity index is 826. The molecule has 0 bridgehead atoms. The van der Waals surface area contributed by atoms with E-state index in [-0.39, 0.29) is 5.91 Å². The molecule has 2 saturated heterocycles. The number of piperidine rings is 1. The number of rotatable bonds is 5. The molecular weight excluding hydrogens is 364 g/mol. The Kier molecular flexibility index (Phi) is 6.08. The normalized spacial score (nSPS) is 18.0. The van der Waals surface area contributed by atoms with Crippen molar-refractivity contribution in [3.63, 3.8) is 0 Å². The second-order valence-corrected chi connectivity index (χ2v) is 7.96. The highest BCUT2D eigenvalue weighted by molar-refractivity contribution is 5.95. The molecule has 2 fully saturated rings. The lowest BCUT2D eigenvalue weighted by atomic mass is 9.90. The van der Waals surface area contributed by atoms with Crippen molar-refractivity contribution >= 4 is 18.1 Å². The number of carbonyl (C=O) groups is 2. The van der Waals surface area contributed by atoms with Gasteiger partial charge >= 0.3 is 0 Å². The van der Waals surface area contributed by atoms with Gasteiger partial charge in [-0.05, 0) is 42.9 Å². The maximum atomic E-state index is 13.0. The largest absolute Gasteiger partial charge is 0.353 e. The number of amides is 2. The molecule has 0 spiro atoms. The van der Waals surface area contributed by atoms with Crippen molar-refractivity contribution in [1.29, 1.82) is 0 Å². The van der Waals surface area contributed by atoms with Crippen LogP contribution >= 0.6 is 0 Å². The monoisotopic (exact) mass is 392 g/mol. The van der Waals surface area contributed by atoms with Gasteiger partial charge in [0.1, 0.15) is 5.82 Å². The lowest BCUT2D eigenvalue weighted by Crippen LogP contribution is -2.46. The predicted octanol–water partition coefficient (Wildman–Crippen LogP) is 2.45. The number of piperazine rings is 1. The Labute approximate surface area is 172 Å². The molecule has 3 heterocycles. The second-order valence-electron chi connectivity index (χ2n) is 7.96. The molecule has 29 heavy (non-hydrogen) atoms. The summed E-state index contributed by atoms with van der Waals surface area (Å²) in [4.78, 5) is 34.2. The average Bonchev–Trinajstić information content (AvgIpc) is 2.80. The highest BCUT2D eigenvalue weighted by atomic mass is 16.2. The molecule has 152 valence electrons. The van der Waals surface area contributed by atoms with Crippen LogP contribution in [0.3, 0.4) is 0 Å². The van der Waals surface area contributed by atoms with Crippen LogP contribution in [-0.4, -0.2) is 66.4 Å². The van der Waals surface area contributed by atoms with Gasteiger partial charge in [-0.2, -0.15) is 0 Å². The third-order valence-electron chi connectivity index (χ3n) is 6.05. The molecular formula is C23H28N4O2. The van der Waals surface area contributed by atoms with Crippen molar-refractivity contribution in [1.82, 2.24) is 14.8 Å². The predicted molar refractivity (Wildman–Crippen MR) is 113 cm³/mol. The fraction of sp³-hybridized carbons (Fsp3) is 0.435. The third-order valence-corrected chi connectivity index (χ3v) is 6.05. The zero-order valence-electron chi connectivity index (χ0n) is 16.7. The molecule has 0 aliphatic carbocycles. The smallest absolute Gasteiger partial charge is 0.254 e. The summed E-state index contributed by atoms with van der Waals surface area (Å²) < 4.78 is 0. The van der Waals surface area contributed by atoms with Crippen molar-refractivity contribution in [2.24, 2.45) is 5.92 Å². The Morgan fingerprint density at radius 1 is 1.00 bits per heavy atom. The molecule has 2 amide bonds. The van der Waals surface area contributed by atoms with Gasteiger partial charge in [-0.3, -0.25) is 9.59 Å². The van der Waals surface area contributed by atoms with E-state index in [4.69, 9.17) is 0 Å². The molecule has 0 unspecified atom stereocenters. The summed E-state index contributed by atoms with van der Waals surface area (Å²) in [6, 6.07) is 14.3. The van der Waals surface area contributed by atoms with Crippen LogP contribution < -0.4 is 4.90 Å². The Morgan fingerprint density at radius 2 is 1.72 bits per heavy atom. The van der Waals surface area contributed by atoms with Crippen molar-refractivity contribution in [2.75, 3.05) is 44.2 Å². The number of hydrogen-bond donors (Lipinski definition) is 0. The molecule has 0 radical (unpaired) electrons. The average molecular weight is 393 g/mol. The zero-order chi connectivity index (χ0) is 20.1. The van der Waals surface area contributed by atoms with Gasteiger partial charge in [0.2, 0.25) is 6.41 Å². The SMILES string of the molecule is O=CN1CCN(c2cc(C(=O)N3CCC(Cc4ccccc4)CC3)ccn2)CC1. The fourth-order valence-corrected chi connectivity index (χ4v) is 4.25. The van der Waals surface area contributed by atoms with E-state index in [0.29, 0.717) is 24.6 Å². The van der Waals surface area contributed by atoms with E-state index in [1.165, 1.54) is 5.56 Å². The number of nitrogens with zero attached hydrogens (tertiary/aromatic N) is 4. The summed E-state index contributed by atoms with van der Waals surface area (Å²) in [7, 11) is 0. The van der Waals surface area contributed by atoms with E-state index >= 15 is 0 Å². The summed E-state index contributed by atoms with van der Waals surface area (Å²) in [5.74, 6) is 1.56. The number of pyridine rings is 1. The number of hydrogen-bond acceptors (Lipinski definition) is 4. The van der Waals surface area contributed by atoms with Crippen LogP contribution in [0.4, 0.5) is 5.82 Å². The van der Waals surface area contributed by atoms with Gasteiger partial charge in [0.15, 0.2) is 0 Å². The first kappa shape index (κ1) is 19.4. The Morgan fingerprint density at radius 3 is 2.41 bits per heavy atom. The van der Waals surface area contributed by atoms with Gasteiger partial charge in [0.25, 0.3) is 5.91 Å². The first-order chi connectivity index (χ1) is 14.2. The summed E-state index contributed by atoms with van der Waals surface area (Å²) in [6.07, 6.45) is 5.80. The molecule has 0 atom stereocenters. The van der Waals surface area contributed by atoms with Gasteiger partial charge < -0.3 is 14.7 Å². The summed E-state index contributed by atoms with van der Waals surface area (Å²) in [6.45, 7) is 4.50. The Hall–Kier alpha value is -2.89. The molecule has 2 aliphatic heterocycles. The second kappa shape index (κ2) is 9.07. The van der Waals surface area contributed by atoms with Crippen molar-refractivity contribution in [3.05, 3.63) is 59.8 Å². The third kappa shape index (κ3) is 4.75. The number of aromatic nitrogens is 1. The summed E-state index contributed by atoms with van der Waals surface area (Å²) in [5.41, 5.74) is 2.08. The molecule has 2 aromatic rings. The highest BCUT2D eigenvalue weighted by Gasteiger charge is 2.25. The fourth-order valence-electron chi connectivity index (χ4n) is 4.25. The molecule has 1 aromatic heterocycles. The minimum atomic E-state index is 0.0957. The van der Waals surface area contributed by atoms with E-state index in [9.17, 15) is 9.59 Å². The quantitative estimate of drug-likeness (QED) is 0.734. The summed E-state index contributed by atoms with van der Waals surface area (Å²) in [5, 5.41) is 0. The van der Waals surface area contributed by atoms with E-state index in [2.05, 4.69) is 40.2 Å². The lowest BCUT2D eigenvalue weighted by molar-refractivity contribution is -0.118. The topological polar surface area (TPSA) is 56.8 Å². The highest BCUT2D eigenvalue weighted by Crippen LogP contribution is 2.23. The van der Waals surface area contributed by atoms with Gasteiger partial charge in [-0.1, -0.05) is 30.3 Å². The van der Waals surface area contributed by atoms with Gasteiger partial charge in [-0.15, -0.1) is 0 Å². The molecule has 2 aliphatic rings. The molecule has 1 aromatic carbocycles. The van der Waals surface area contributed by atoms with Crippen LogP contribution in [0.5, 0.6) is 0 Å². The van der Waals surface area contributed by atoms with Crippen molar-refractivity contribution < 1.29 is 9.59 Å². The zero-order valence-corrected chi connectivity index (χ0v) is 16.7. The van der Waals surface area contributed by atoms with Crippen LogP contribution in [-0.2, 0) is 11.2 Å². The standard InChI is InChI=1S/C23H28N4O2/c28-18-25-12-14-26(15-13-25)22-17-21(6-9-24-22)23(29)27-10-7-20(8-11-27)16-19-4-2-1-3-5-19/h1-6,9,17-18,20H,7-8,10-16H2. The van der Waals surface area contributed by atoms with Crippen molar-refractivity contribution in [2.45, 2.75) is 19.3 Å². The molecule has 0 saturated carbocycles. The molecule has 0 N–H and O–H groups in total. The number of likely N-dealkylation sites (tertiary alicyclic amines) is 1. The minimum absolute atomic E-state index is 0.0957. The van der Waals surface area contributed by atoms with Crippen LogP contribution in [0.15, 0.2) is 48.7 Å². The van der Waals surface area contributed by atoms with Gasteiger partial charge in [0, 0.05) is 51.0 Å². The molecule has 4 rings (SSSR count). The lowest BCUT2D eigenvalue weighted by Gasteiger charge is -2.34. The summed E-state index contributed by atoms with van der Waals surface area (Å²) >= 11 is 0. The maximum Gasteiger partial charge on any atom is 0.254 e. The van der Waals surface area contributed by atoms with E-state index < -0.39 is 0 Å². The van der Waals surface area contributed by atoms with E-state index in [1.54, 1.807) is 11.1 Å². The minimum Gasteiger partial charge on any atom is -0.353 e. The Balaban J connectivity index is 1.34. The van der Waals surface area contributed by atoms with Gasteiger partial charge in [0.05, 0.1) is 0 Å². The first-order valence-electron chi connectivity index (χ1n) is 10.5. The number of anilines is 1. The van der Waals surface area contributed by atoms with Crippen LogP contribution in [0.25, 0.3) is 0 Å². The van der Waals surface area contributed by atoms with Crippen LogP contribution in [0.1, 0.15) is 28.8 Å². The first-order valence-corrected chi connectivity index (χ1v) is 10.5. The molecule has 6 heteroatoms. The number of benzene rings is 1. The number of carbonyl (C=O) groups excluding carboxylic acids is 2.